The molecular formula is C15H28N4S. The quantitative estimate of drug-likeness (QED) is 0.901. The minimum atomic E-state index is 0.265. The van der Waals surface area contributed by atoms with Crippen LogP contribution >= 0.6 is 11.5 Å². The zero-order valence-electron chi connectivity index (χ0n) is 13.4. The third-order valence-corrected chi connectivity index (χ3v) is 5.23. The largest absolute Gasteiger partial charge is 0.358 e. The Morgan fingerprint density at radius 2 is 2.20 bits per heavy atom. The zero-order chi connectivity index (χ0) is 14.8. The van der Waals surface area contributed by atoms with Crippen molar-refractivity contribution in [2.45, 2.75) is 57.9 Å². The molecule has 1 fully saturated rings. The first-order chi connectivity index (χ1) is 9.43. The molecule has 1 aromatic rings. The summed E-state index contributed by atoms with van der Waals surface area (Å²) in [6, 6.07) is 0. The van der Waals surface area contributed by atoms with Crippen LogP contribution in [0, 0.1) is 5.92 Å². The number of hydrogen-bond donors (Lipinski definition) is 1. The van der Waals surface area contributed by atoms with E-state index in [-0.39, 0.29) is 5.54 Å². The Labute approximate surface area is 127 Å². The topological polar surface area (TPSA) is 41.1 Å². The molecule has 0 radical (unpaired) electrons. The van der Waals surface area contributed by atoms with Crippen LogP contribution < -0.4 is 5.32 Å². The van der Waals surface area contributed by atoms with E-state index in [0.717, 1.165) is 23.4 Å². The van der Waals surface area contributed by atoms with Crippen molar-refractivity contribution in [3.05, 3.63) is 5.82 Å². The van der Waals surface area contributed by atoms with Gasteiger partial charge in [-0.2, -0.15) is 4.37 Å². The molecule has 0 bridgehead atoms. The van der Waals surface area contributed by atoms with Crippen molar-refractivity contribution in [3.63, 3.8) is 0 Å². The molecule has 1 N–H and O–H groups in total. The van der Waals surface area contributed by atoms with E-state index < -0.39 is 0 Å². The van der Waals surface area contributed by atoms with Gasteiger partial charge in [0.15, 0.2) is 0 Å². The molecule has 0 spiro atoms. The SMILES string of the molecule is CC1CCCC(CNc2nc(C(C)C)ns2)(N(C)C)C1. The highest BCUT2D eigenvalue weighted by atomic mass is 32.1. The Morgan fingerprint density at radius 3 is 2.75 bits per heavy atom. The zero-order valence-corrected chi connectivity index (χ0v) is 14.3. The summed E-state index contributed by atoms with van der Waals surface area (Å²) in [5.41, 5.74) is 0.265. The van der Waals surface area contributed by atoms with E-state index in [1.807, 2.05) is 0 Å². The molecule has 2 unspecified atom stereocenters. The first-order valence-corrected chi connectivity index (χ1v) is 8.45. The molecule has 0 saturated heterocycles. The Morgan fingerprint density at radius 1 is 1.45 bits per heavy atom. The van der Waals surface area contributed by atoms with Gasteiger partial charge >= 0.3 is 0 Å². The second-order valence-electron chi connectivity index (χ2n) is 6.79. The fourth-order valence-electron chi connectivity index (χ4n) is 3.14. The summed E-state index contributed by atoms with van der Waals surface area (Å²) in [5.74, 6) is 2.17. The molecule has 1 heterocycles. The standard InChI is InChI=1S/C15H28N4S/c1-11(2)13-17-14(20-18-13)16-10-15(19(4)5)8-6-7-12(3)9-15/h11-12H,6-10H2,1-5H3,(H,16,17,18). The van der Waals surface area contributed by atoms with Crippen molar-refractivity contribution in [1.82, 2.24) is 14.3 Å². The summed E-state index contributed by atoms with van der Waals surface area (Å²) < 4.78 is 4.42. The molecule has 2 rings (SSSR count). The second-order valence-corrected chi connectivity index (χ2v) is 7.54. The highest BCUT2D eigenvalue weighted by molar-refractivity contribution is 7.09. The van der Waals surface area contributed by atoms with Gasteiger partial charge in [0.05, 0.1) is 0 Å². The van der Waals surface area contributed by atoms with Gasteiger partial charge in [0, 0.05) is 29.5 Å². The molecule has 0 amide bonds. The minimum absolute atomic E-state index is 0.265. The van der Waals surface area contributed by atoms with E-state index >= 15 is 0 Å². The minimum Gasteiger partial charge on any atom is -0.358 e. The Kier molecular flexibility index (Phi) is 5.02. The highest BCUT2D eigenvalue weighted by Gasteiger charge is 2.36. The smallest absolute Gasteiger partial charge is 0.202 e. The van der Waals surface area contributed by atoms with Crippen LogP contribution in [-0.4, -0.2) is 40.4 Å². The van der Waals surface area contributed by atoms with Gasteiger partial charge in [-0.1, -0.05) is 33.6 Å². The van der Waals surface area contributed by atoms with Gasteiger partial charge in [-0.15, -0.1) is 0 Å². The number of nitrogens with zero attached hydrogens (tertiary/aromatic N) is 3. The summed E-state index contributed by atoms with van der Waals surface area (Å²) >= 11 is 1.49. The Hall–Kier alpha value is -0.680. The van der Waals surface area contributed by atoms with Crippen molar-refractivity contribution in [1.29, 1.82) is 0 Å². The third kappa shape index (κ3) is 3.50. The van der Waals surface area contributed by atoms with Crippen molar-refractivity contribution < 1.29 is 0 Å². The lowest BCUT2D eigenvalue weighted by molar-refractivity contribution is 0.0882. The molecule has 114 valence electrons. The van der Waals surface area contributed by atoms with Crippen LogP contribution in [-0.2, 0) is 0 Å². The van der Waals surface area contributed by atoms with Gasteiger partial charge in [-0.25, -0.2) is 4.98 Å². The molecule has 1 aromatic heterocycles. The Balaban J connectivity index is 2.01. The fourth-order valence-corrected chi connectivity index (χ4v) is 3.84. The Bertz CT molecular complexity index is 429. The summed E-state index contributed by atoms with van der Waals surface area (Å²) in [7, 11) is 4.42. The van der Waals surface area contributed by atoms with E-state index in [9.17, 15) is 0 Å². The van der Waals surface area contributed by atoms with Gasteiger partial charge in [0.1, 0.15) is 5.82 Å². The third-order valence-electron chi connectivity index (χ3n) is 4.54. The first kappa shape index (κ1) is 15.7. The average Bonchev–Trinajstić information content (AvgIpc) is 2.85. The number of anilines is 1. The number of nitrogens with one attached hydrogen (secondary N) is 1. The van der Waals surface area contributed by atoms with Crippen LogP contribution in [0.25, 0.3) is 0 Å². The van der Waals surface area contributed by atoms with Gasteiger partial charge in [-0.3, -0.25) is 0 Å². The highest BCUT2D eigenvalue weighted by Crippen LogP contribution is 2.36. The van der Waals surface area contributed by atoms with Crippen LogP contribution in [0.5, 0.6) is 0 Å². The van der Waals surface area contributed by atoms with Gasteiger partial charge < -0.3 is 10.2 Å². The molecule has 5 heteroatoms. The molecule has 4 nitrogen and oxygen atoms in total. The number of rotatable bonds is 5. The van der Waals surface area contributed by atoms with Gasteiger partial charge in [0.2, 0.25) is 5.13 Å². The normalized spacial score (nSPS) is 27.2. The maximum Gasteiger partial charge on any atom is 0.202 e. The molecule has 20 heavy (non-hydrogen) atoms. The van der Waals surface area contributed by atoms with Crippen molar-refractivity contribution in [2.75, 3.05) is 26.0 Å². The predicted octanol–water partition coefficient (Wildman–Crippen LogP) is 3.58. The van der Waals surface area contributed by atoms with Crippen molar-refractivity contribution >= 4 is 16.7 Å². The second kappa shape index (κ2) is 6.39. The van der Waals surface area contributed by atoms with Crippen LogP contribution in [0.15, 0.2) is 0 Å². The van der Waals surface area contributed by atoms with Crippen LogP contribution in [0.2, 0.25) is 0 Å². The molecule has 0 aliphatic heterocycles. The number of aromatic nitrogens is 2. The van der Waals surface area contributed by atoms with E-state index in [1.165, 1.54) is 37.2 Å². The average molecular weight is 296 g/mol. The molecule has 1 aliphatic rings. The predicted molar refractivity (Wildman–Crippen MR) is 86.5 cm³/mol. The molecule has 0 aromatic carbocycles. The lowest BCUT2D eigenvalue weighted by Gasteiger charge is -2.45. The molecule has 1 saturated carbocycles. The fraction of sp³-hybridized carbons (Fsp3) is 0.867. The summed E-state index contributed by atoms with van der Waals surface area (Å²) in [5, 5.41) is 4.50. The molecular weight excluding hydrogens is 268 g/mol. The lowest BCUT2D eigenvalue weighted by Crippen LogP contribution is -2.52. The van der Waals surface area contributed by atoms with E-state index in [0.29, 0.717) is 5.92 Å². The number of hydrogen-bond acceptors (Lipinski definition) is 5. The maximum absolute atomic E-state index is 4.58. The monoisotopic (exact) mass is 296 g/mol. The molecule has 1 aliphatic carbocycles. The van der Waals surface area contributed by atoms with Crippen LogP contribution in [0.4, 0.5) is 5.13 Å². The first-order valence-electron chi connectivity index (χ1n) is 7.68. The van der Waals surface area contributed by atoms with Gasteiger partial charge in [0.25, 0.3) is 0 Å². The van der Waals surface area contributed by atoms with Crippen LogP contribution in [0.3, 0.4) is 0 Å². The summed E-state index contributed by atoms with van der Waals surface area (Å²) in [6.07, 6.45) is 5.23. The van der Waals surface area contributed by atoms with Crippen LogP contribution in [0.1, 0.15) is 58.2 Å². The van der Waals surface area contributed by atoms with E-state index in [1.54, 1.807) is 0 Å². The maximum atomic E-state index is 4.58. The lowest BCUT2D eigenvalue weighted by atomic mass is 9.75. The van der Waals surface area contributed by atoms with Crippen molar-refractivity contribution in [2.24, 2.45) is 5.92 Å². The van der Waals surface area contributed by atoms with E-state index in [2.05, 4.69) is 54.4 Å². The summed E-state index contributed by atoms with van der Waals surface area (Å²) in [4.78, 5) is 6.98. The summed E-state index contributed by atoms with van der Waals surface area (Å²) in [6.45, 7) is 7.61. The molecule has 2 atom stereocenters. The van der Waals surface area contributed by atoms with Gasteiger partial charge in [-0.05, 0) is 32.9 Å². The van der Waals surface area contributed by atoms with E-state index in [4.69, 9.17) is 0 Å². The van der Waals surface area contributed by atoms with Crippen molar-refractivity contribution in [3.8, 4) is 0 Å². The number of likely N-dealkylation sites (N-methyl/N-ethyl adjacent to an activating group) is 1.